The topological polar surface area (TPSA) is 64.0 Å². The summed E-state index contributed by atoms with van der Waals surface area (Å²) < 4.78 is 30.1. The van der Waals surface area contributed by atoms with Crippen molar-refractivity contribution >= 4 is 27.3 Å². The third kappa shape index (κ3) is 4.56. The van der Waals surface area contributed by atoms with E-state index >= 15 is 0 Å². The number of halogens is 1. The molecule has 0 aliphatic heterocycles. The van der Waals surface area contributed by atoms with Crippen molar-refractivity contribution in [3.63, 3.8) is 0 Å². The van der Waals surface area contributed by atoms with Gasteiger partial charge in [-0.3, -0.25) is 9.40 Å². The molecule has 0 aliphatic carbocycles. The molecule has 0 spiro atoms. The molecular formula is C21H24ClN3O2S. The molecule has 0 radical (unpaired) electrons. The molecule has 28 heavy (non-hydrogen) atoms. The molecule has 2 aromatic carbocycles. The Morgan fingerprint density at radius 1 is 1.00 bits per heavy atom. The molecule has 0 saturated carbocycles. The molecular weight excluding hydrogens is 394 g/mol. The van der Waals surface area contributed by atoms with Gasteiger partial charge in [0.15, 0.2) is 0 Å². The lowest BCUT2D eigenvalue weighted by molar-refractivity contribution is 0.601. The molecule has 3 aromatic rings. The van der Waals surface area contributed by atoms with Gasteiger partial charge < -0.3 is 0 Å². The van der Waals surface area contributed by atoms with Crippen LogP contribution in [-0.4, -0.2) is 18.2 Å². The number of nitrogens with one attached hydrogen (secondary N) is 1. The Bertz CT molecular complexity index is 1060. The van der Waals surface area contributed by atoms with E-state index in [1.807, 2.05) is 43.3 Å². The fraction of sp³-hybridized carbons (Fsp3) is 0.286. The van der Waals surface area contributed by atoms with Crippen molar-refractivity contribution in [1.82, 2.24) is 9.78 Å². The summed E-state index contributed by atoms with van der Waals surface area (Å²) in [5, 5.41) is 5.18. The highest BCUT2D eigenvalue weighted by Gasteiger charge is 2.20. The van der Waals surface area contributed by atoms with Crippen LogP contribution in [0, 0.1) is 13.8 Å². The van der Waals surface area contributed by atoms with Gasteiger partial charge in [-0.1, -0.05) is 49.2 Å². The monoisotopic (exact) mass is 417 g/mol. The second-order valence-corrected chi connectivity index (χ2v) is 8.95. The molecule has 7 heteroatoms. The molecule has 1 aromatic heterocycles. The quantitative estimate of drug-likeness (QED) is 0.591. The SMILES string of the molecule is CCCc1ccc(S(=O)(=O)Nc2c(C)nn(Cc3ccc(Cl)cc3)c2C)cc1. The van der Waals surface area contributed by atoms with Crippen molar-refractivity contribution < 1.29 is 8.42 Å². The zero-order valence-electron chi connectivity index (χ0n) is 16.2. The first-order valence-corrected chi connectivity index (χ1v) is 11.1. The van der Waals surface area contributed by atoms with E-state index in [0.29, 0.717) is 22.9 Å². The first-order valence-electron chi connectivity index (χ1n) is 9.20. The molecule has 1 N–H and O–H groups in total. The molecule has 0 saturated heterocycles. The van der Waals surface area contributed by atoms with Gasteiger partial charge in [-0.25, -0.2) is 8.42 Å². The minimum atomic E-state index is -3.68. The Labute approximate surface area is 171 Å². The summed E-state index contributed by atoms with van der Waals surface area (Å²) in [5.41, 5.74) is 4.09. The number of sulfonamides is 1. The van der Waals surface area contributed by atoms with Crippen molar-refractivity contribution in [3.05, 3.63) is 76.1 Å². The van der Waals surface area contributed by atoms with Crippen LogP contribution in [0.1, 0.15) is 35.9 Å². The van der Waals surface area contributed by atoms with Gasteiger partial charge in [-0.2, -0.15) is 5.10 Å². The molecule has 0 aliphatic rings. The molecule has 0 amide bonds. The van der Waals surface area contributed by atoms with Crippen LogP contribution in [0.25, 0.3) is 0 Å². The van der Waals surface area contributed by atoms with Crippen molar-refractivity contribution in [1.29, 1.82) is 0 Å². The number of nitrogens with zero attached hydrogens (tertiary/aromatic N) is 2. The molecule has 1 heterocycles. The Hall–Kier alpha value is -2.31. The standard InChI is InChI=1S/C21H24ClN3O2S/c1-4-5-17-8-12-20(13-9-17)28(26,27)24-21-15(2)23-25(16(21)3)14-18-6-10-19(22)11-7-18/h6-13,24H,4-5,14H2,1-3H3. The predicted octanol–water partition coefficient (Wildman–Crippen LogP) is 4.95. The van der Waals surface area contributed by atoms with E-state index in [4.69, 9.17) is 11.6 Å². The first kappa shape index (κ1) is 20.4. The van der Waals surface area contributed by atoms with Crippen LogP contribution in [0.3, 0.4) is 0 Å². The number of benzene rings is 2. The Morgan fingerprint density at radius 2 is 1.61 bits per heavy atom. The van der Waals surface area contributed by atoms with E-state index < -0.39 is 10.0 Å². The van der Waals surface area contributed by atoms with Crippen molar-refractivity contribution in [3.8, 4) is 0 Å². The maximum Gasteiger partial charge on any atom is 0.262 e. The molecule has 0 bridgehead atoms. The van der Waals surface area contributed by atoms with Crippen LogP contribution in [0.15, 0.2) is 53.4 Å². The largest absolute Gasteiger partial charge is 0.276 e. The van der Waals surface area contributed by atoms with E-state index in [2.05, 4.69) is 16.7 Å². The summed E-state index contributed by atoms with van der Waals surface area (Å²) in [4.78, 5) is 0.247. The summed E-state index contributed by atoms with van der Waals surface area (Å²) in [5.74, 6) is 0. The van der Waals surface area contributed by atoms with E-state index in [1.54, 1.807) is 23.7 Å². The average molecular weight is 418 g/mol. The number of hydrogen-bond donors (Lipinski definition) is 1. The Morgan fingerprint density at radius 3 is 2.21 bits per heavy atom. The van der Waals surface area contributed by atoms with Crippen molar-refractivity contribution in [2.45, 2.75) is 45.1 Å². The third-order valence-electron chi connectivity index (χ3n) is 4.64. The fourth-order valence-corrected chi connectivity index (χ4v) is 4.38. The molecule has 3 rings (SSSR count). The molecule has 0 fully saturated rings. The van der Waals surface area contributed by atoms with E-state index in [-0.39, 0.29) is 4.90 Å². The van der Waals surface area contributed by atoms with Gasteiger partial charge in [-0.05, 0) is 55.7 Å². The normalized spacial score (nSPS) is 11.6. The number of hydrogen-bond acceptors (Lipinski definition) is 3. The maximum absolute atomic E-state index is 12.8. The predicted molar refractivity (Wildman–Crippen MR) is 114 cm³/mol. The number of aromatic nitrogens is 2. The summed E-state index contributed by atoms with van der Waals surface area (Å²) in [7, 11) is -3.68. The molecule has 0 atom stereocenters. The zero-order valence-corrected chi connectivity index (χ0v) is 17.8. The summed E-state index contributed by atoms with van der Waals surface area (Å²) in [6.07, 6.45) is 1.96. The summed E-state index contributed by atoms with van der Waals surface area (Å²) >= 11 is 5.93. The van der Waals surface area contributed by atoms with Gasteiger partial charge in [-0.15, -0.1) is 0 Å². The maximum atomic E-state index is 12.8. The second-order valence-electron chi connectivity index (χ2n) is 6.83. The molecule has 0 unspecified atom stereocenters. The van der Waals surface area contributed by atoms with Gasteiger partial charge in [0, 0.05) is 5.02 Å². The molecule has 148 valence electrons. The van der Waals surface area contributed by atoms with Crippen LogP contribution in [0.4, 0.5) is 5.69 Å². The highest BCUT2D eigenvalue weighted by atomic mass is 35.5. The Balaban J connectivity index is 1.83. The lowest BCUT2D eigenvalue weighted by Gasteiger charge is -2.10. The van der Waals surface area contributed by atoms with Gasteiger partial charge in [0.25, 0.3) is 10.0 Å². The van der Waals surface area contributed by atoms with Crippen LogP contribution in [0.5, 0.6) is 0 Å². The van der Waals surface area contributed by atoms with E-state index in [0.717, 1.165) is 29.7 Å². The van der Waals surface area contributed by atoms with Crippen LogP contribution >= 0.6 is 11.6 Å². The van der Waals surface area contributed by atoms with Crippen molar-refractivity contribution in [2.75, 3.05) is 4.72 Å². The number of rotatable bonds is 7. The highest BCUT2D eigenvalue weighted by Crippen LogP contribution is 2.24. The first-order chi connectivity index (χ1) is 13.3. The van der Waals surface area contributed by atoms with E-state index in [9.17, 15) is 8.42 Å². The lowest BCUT2D eigenvalue weighted by Crippen LogP contribution is -2.14. The Kier molecular flexibility index (Phi) is 6.10. The van der Waals surface area contributed by atoms with Gasteiger partial charge in [0.2, 0.25) is 0 Å². The molecule has 5 nitrogen and oxygen atoms in total. The minimum absolute atomic E-state index is 0.247. The van der Waals surface area contributed by atoms with Gasteiger partial charge >= 0.3 is 0 Å². The van der Waals surface area contributed by atoms with Crippen LogP contribution < -0.4 is 4.72 Å². The number of anilines is 1. The minimum Gasteiger partial charge on any atom is -0.276 e. The summed E-state index contributed by atoms with van der Waals surface area (Å²) in [6.45, 7) is 6.29. The lowest BCUT2D eigenvalue weighted by atomic mass is 10.1. The van der Waals surface area contributed by atoms with E-state index in [1.165, 1.54) is 0 Å². The highest BCUT2D eigenvalue weighted by molar-refractivity contribution is 7.92. The van der Waals surface area contributed by atoms with Gasteiger partial charge in [0.05, 0.1) is 28.5 Å². The van der Waals surface area contributed by atoms with Crippen LogP contribution in [-0.2, 0) is 23.0 Å². The van der Waals surface area contributed by atoms with Gasteiger partial charge in [0.1, 0.15) is 0 Å². The fourth-order valence-electron chi connectivity index (χ4n) is 3.08. The number of aryl methyl sites for hydroxylation is 2. The summed E-state index contributed by atoms with van der Waals surface area (Å²) in [6, 6.07) is 14.5. The third-order valence-corrected chi connectivity index (χ3v) is 6.25. The zero-order chi connectivity index (χ0) is 20.3. The smallest absolute Gasteiger partial charge is 0.262 e. The van der Waals surface area contributed by atoms with Crippen LogP contribution in [0.2, 0.25) is 5.02 Å². The average Bonchev–Trinajstić information content (AvgIpc) is 2.91. The second kappa shape index (κ2) is 8.37. The van der Waals surface area contributed by atoms with Crippen molar-refractivity contribution in [2.24, 2.45) is 0 Å².